The summed E-state index contributed by atoms with van der Waals surface area (Å²) >= 11 is 0. The first-order valence-electron chi connectivity index (χ1n) is 8.80. The van der Waals surface area contributed by atoms with Crippen LogP contribution in [0.15, 0.2) is 0 Å². The van der Waals surface area contributed by atoms with Gasteiger partial charge < -0.3 is 83.0 Å². The van der Waals surface area contributed by atoms with Crippen LogP contribution in [0.2, 0.25) is 0 Å². The van der Waals surface area contributed by atoms with E-state index in [1.54, 1.807) is 0 Å². The van der Waals surface area contributed by atoms with Gasteiger partial charge in [-0.1, -0.05) is 0 Å². The molecule has 0 aromatic carbocycles. The van der Waals surface area contributed by atoms with Crippen LogP contribution in [-0.2, 0) is 19.2 Å². The van der Waals surface area contributed by atoms with E-state index in [2.05, 4.69) is 0 Å². The van der Waals surface area contributed by atoms with Gasteiger partial charge in [-0.3, -0.25) is 0 Å². The fourth-order valence-corrected chi connectivity index (χ4v) is 0.788. The summed E-state index contributed by atoms with van der Waals surface area (Å²) in [6, 6.07) is -5.07. The third kappa shape index (κ3) is 26.2. The molecular weight excluding hydrogens is 513 g/mol. The molecule has 17 heteroatoms. The van der Waals surface area contributed by atoms with Crippen LogP contribution in [0, 0.1) is 0 Å². The molecule has 0 fully saturated rings. The van der Waals surface area contributed by atoms with Crippen LogP contribution in [0.4, 0.5) is 0 Å². The van der Waals surface area contributed by atoms with Crippen molar-refractivity contribution >= 4 is 41.5 Å². The second-order valence-corrected chi connectivity index (χ2v) is 6.34. The number of carboxylic acids is 4. The smallest absolute Gasteiger partial charge is 0.548 e. The van der Waals surface area contributed by atoms with Crippen molar-refractivity contribution in [3.8, 4) is 0 Å². The Morgan fingerprint density at radius 2 is 0.576 bits per heavy atom. The SMILES string of the molecule is C[C@@H](O)[C@H](N)C(=O)[O-].C[C@@H](O)[C@H](N)C(=O)[O-].C[C@@H](O)[C@H](N)C(=O)[O-].C[C@@H](O)[C@H](N)C(=O)[O-].[Ge+4]. The van der Waals surface area contributed by atoms with Gasteiger partial charge in [0.2, 0.25) is 0 Å². The van der Waals surface area contributed by atoms with Gasteiger partial charge in [0, 0.05) is 0 Å². The molecule has 0 bridgehead atoms. The van der Waals surface area contributed by atoms with E-state index in [1.165, 1.54) is 27.7 Å². The number of aliphatic hydroxyl groups is 4. The molecule has 0 heterocycles. The van der Waals surface area contributed by atoms with Crippen molar-refractivity contribution in [1.82, 2.24) is 0 Å². The zero-order valence-corrected chi connectivity index (χ0v) is 20.6. The Morgan fingerprint density at radius 1 is 0.485 bits per heavy atom. The summed E-state index contributed by atoms with van der Waals surface area (Å²) in [6.45, 7) is 5.17. The second kappa shape index (κ2) is 21.9. The van der Waals surface area contributed by atoms with Crippen LogP contribution in [0.1, 0.15) is 27.7 Å². The van der Waals surface area contributed by atoms with E-state index in [-0.39, 0.29) is 17.6 Å². The second-order valence-electron chi connectivity index (χ2n) is 6.34. The molecule has 16 nitrogen and oxygen atoms in total. The maximum atomic E-state index is 9.74. The van der Waals surface area contributed by atoms with Gasteiger partial charge in [0.1, 0.15) is 0 Å². The number of hydrogen-bond acceptors (Lipinski definition) is 16. The van der Waals surface area contributed by atoms with Crippen molar-refractivity contribution in [3.05, 3.63) is 0 Å². The van der Waals surface area contributed by atoms with Crippen LogP contribution < -0.4 is 43.4 Å². The summed E-state index contributed by atoms with van der Waals surface area (Å²) in [7, 11) is 0. The minimum atomic E-state index is -1.43. The van der Waals surface area contributed by atoms with Crippen molar-refractivity contribution < 1.29 is 60.0 Å². The van der Waals surface area contributed by atoms with E-state index in [9.17, 15) is 39.6 Å². The molecule has 0 amide bonds. The van der Waals surface area contributed by atoms with Gasteiger partial charge in [0.15, 0.2) is 0 Å². The number of nitrogens with two attached hydrogens (primary N) is 4. The third-order valence-corrected chi connectivity index (χ3v) is 3.17. The van der Waals surface area contributed by atoms with Crippen LogP contribution in [0.25, 0.3) is 0 Å². The molecule has 0 saturated heterocycles. The maximum absolute atomic E-state index is 9.74. The molecule has 192 valence electrons. The molecule has 0 aliphatic carbocycles. The normalized spacial score (nSPS) is 16.8. The van der Waals surface area contributed by atoms with Crippen LogP contribution in [0.5, 0.6) is 0 Å². The third-order valence-electron chi connectivity index (χ3n) is 3.17. The maximum Gasteiger partial charge on any atom is 4.00 e. The molecule has 0 radical (unpaired) electrons. The monoisotopic (exact) mass is 546 g/mol. The Bertz CT molecular complexity index is 468. The Labute approximate surface area is 201 Å². The van der Waals surface area contributed by atoms with Gasteiger partial charge in [-0.15, -0.1) is 0 Å². The molecule has 0 aliphatic heterocycles. The minimum absolute atomic E-state index is 0. The van der Waals surface area contributed by atoms with E-state index < -0.39 is 72.5 Å². The Hall–Kier alpha value is -1.90. The first-order chi connectivity index (χ1) is 14.2. The number of hydrogen-bond donors (Lipinski definition) is 8. The zero-order chi connectivity index (χ0) is 26.9. The molecule has 0 unspecified atom stereocenters. The number of carbonyl (C=O) groups excluding carboxylic acids is 4. The molecule has 0 rings (SSSR count). The molecule has 0 aromatic heterocycles. The van der Waals surface area contributed by atoms with Crippen LogP contribution >= 0.6 is 0 Å². The van der Waals surface area contributed by atoms with Gasteiger partial charge in [0.05, 0.1) is 72.5 Å². The van der Waals surface area contributed by atoms with E-state index in [1.807, 2.05) is 0 Å². The summed E-state index contributed by atoms with van der Waals surface area (Å²) in [5.41, 5.74) is 19.4. The number of carboxylic acid groups (broad SMARTS) is 4. The number of carbonyl (C=O) groups is 4. The van der Waals surface area contributed by atoms with Gasteiger partial charge >= 0.3 is 17.6 Å². The topological polar surface area (TPSA) is 346 Å². The first-order valence-corrected chi connectivity index (χ1v) is 8.80. The summed E-state index contributed by atoms with van der Waals surface area (Å²) in [6.07, 6.45) is -4.17. The number of aliphatic hydroxyl groups excluding tert-OH is 4. The van der Waals surface area contributed by atoms with Gasteiger partial charge in [-0.2, -0.15) is 0 Å². The Kier molecular flexibility index (Phi) is 27.5. The molecule has 0 saturated carbocycles. The van der Waals surface area contributed by atoms with Crippen molar-refractivity contribution in [2.75, 3.05) is 0 Å². The fraction of sp³-hybridized carbons (Fsp3) is 0.750. The quantitative estimate of drug-likeness (QED) is 0.131. The van der Waals surface area contributed by atoms with E-state index in [4.69, 9.17) is 43.4 Å². The zero-order valence-electron chi connectivity index (χ0n) is 18.5. The Morgan fingerprint density at radius 3 is 0.576 bits per heavy atom. The summed E-state index contributed by atoms with van der Waals surface area (Å²) in [4.78, 5) is 39.0. The first kappa shape index (κ1) is 41.4. The van der Waals surface area contributed by atoms with Gasteiger partial charge in [0.25, 0.3) is 0 Å². The van der Waals surface area contributed by atoms with E-state index in [0.29, 0.717) is 0 Å². The average Bonchev–Trinajstić information content (AvgIpc) is 2.65. The minimum Gasteiger partial charge on any atom is -0.548 e. The number of rotatable bonds is 8. The number of aliphatic carboxylic acids is 4. The standard InChI is InChI=1S/4C4H9NO3.Ge/c4*1-2(6)3(5)4(7)8;/h4*2-3,6H,5H2,1H3,(H,7,8);/q;;;;+4/p-4/t4*2-,3+;/m1111./s1. The van der Waals surface area contributed by atoms with Crippen molar-refractivity contribution in [3.63, 3.8) is 0 Å². The average molecular weight is 545 g/mol. The summed E-state index contributed by atoms with van der Waals surface area (Å²) in [5, 5.41) is 72.8. The van der Waals surface area contributed by atoms with Crippen LogP contribution in [-0.4, -0.2) is 110 Å². The van der Waals surface area contributed by atoms with Crippen molar-refractivity contribution in [2.24, 2.45) is 22.9 Å². The molecule has 0 aliphatic rings. The van der Waals surface area contributed by atoms with Crippen molar-refractivity contribution in [1.29, 1.82) is 0 Å². The van der Waals surface area contributed by atoms with Gasteiger partial charge in [-0.05, 0) is 27.7 Å². The van der Waals surface area contributed by atoms with Crippen LogP contribution in [0.3, 0.4) is 0 Å². The predicted octanol–water partition coefficient (Wildman–Crippen LogP) is -10.6. The summed E-state index contributed by atoms with van der Waals surface area (Å²) in [5.74, 6) is -5.72. The molecule has 0 aromatic rings. The molecule has 12 N–H and O–H groups in total. The predicted molar refractivity (Wildman–Crippen MR) is 104 cm³/mol. The molecular formula is C16H32GeN4O12. The van der Waals surface area contributed by atoms with Crippen molar-refractivity contribution in [2.45, 2.75) is 76.3 Å². The van der Waals surface area contributed by atoms with Gasteiger partial charge in [-0.25, -0.2) is 0 Å². The molecule has 0 spiro atoms. The molecule has 33 heavy (non-hydrogen) atoms. The fourth-order valence-electron chi connectivity index (χ4n) is 0.788. The van der Waals surface area contributed by atoms with E-state index >= 15 is 0 Å². The summed E-state index contributed by atoms with van der Waals surface area (Å²) < 4.78 is 0. The Balaban J connectivity index is -0.000000105. The largest absolute Gasteiger partial charge is 4.00 e. The van der Waals surface area contributed by atoms with E-state index in [0.717, 1.165) is 0 Å². The molecule has 8 atom stereocenters.